The van der Waals surface area contributed by atoms with Crippen LogP contribution >= 0.6 is 11.6 Å². The molecule has 8 rings (SSSR count). The Labute approximate surface area is 366 Å². The van der Waals surface area contributed by atoms with Crippen LogP contribution in [0.2, 0.25) is 0 Å². The van der Waals surface area contributed by atoms with Gasteiger partial charge in [-0.25, -0.2) is 9.59 Å². The lowest BCUT2D eigenvalue weighted by Crippen LogP contribution is -2.39. The van der Waals surface area contributed by atoms with Gasteiger partial charge in [-0.1, -0.05) is 112 Å². The van der Waals surface area contributed by atoms with Crippen LogP contribution in [0, 0.1) is 0 Å². The number of esters is 2. The molecule has 0 radical (unpaired) electrons. The number of hydrogen-bond donors (Lipinski definition) is 1. The van der Waals surface area contributed by atoms with Gasteiger partial charge in [-0.3, -0.25) is 9.59 Å². The van der Waals surface area contributed by atoms with Gasteiger partial charge in [-0.15, -0.1) is 0 Å². The van der Waals surface area contributed by atoms with Gasteiger partial charge in [0.1, 0.15) is 0 Å². The molecule has 0 saturated heterocycles. The van der Waals surface area contributed by atoms with E-state index in [1.807, 2.05) is 36.4 Å². The Kier molecular flexibility index (Phi) is 16.3. The van der Waals surface area contributed by atoms with Gasteiger partial charge in [0.05, 0.1) is 37.4 Å². The standard InChI is InChI=1S/C26H29NO3.C20H19NO2.C6H11ClO/c1-3-4-5-10-24(28)27-16-15-22-21-9-7-6-8-20(21)17-23(22)25(27)18-11-13-19(14-12-18)26(29)30-2;1-23-20(22)14-8-6-13(7-9-14)19-18-12-15-4-2-3-5-16(15)17(18)10-11-21-19;1-2-3-4-5-6(7)8/h6-9,11-14,25H,3-5,10,15-17H2,1-2H3;2-9,19,21H,10-12H2,1H3;2-5H2,1H3. The summed E-state index contributed by atoms with van der Waals surface area (Å²) in [6, 6.07) is 32.8. The van der Waals surface area contributed by atoms with E-state index in [9.17, 15) is 19.2 Å². The lowest BCUT2D eigenvalue weighted by Gasteiger charge is -2.38. The number of nitrogens with zero attached hydrogens (tertiary/aromatic N) is 1. The first-order valence-corrected chi connectivity index (χ1v) is 22.2. The molecule has 2 unspecified atom stereocenters. The third kappa shape index (κ3) is 11.0. The van der Waals surface area contributed by atoms with E-state index in [2.05, 4.69) is 72.6 Å². The summed E-state index contributed by atoms with van der Waals surface area (Å²) in [6.45, 7) is 5.97. The summed E-state index contributed by atoms with van der Waals surface area (Å²) in [5.74, 6) is -0.403. The van der Waals surface area contributed by atoms with E-state index in [0.29, 0.717) is 24.0 Å². The molecule has 9 heteroatoms. The van der Waals surface area contributed by atoms with Crippen LogP contribution in [0.1, 0.15) is 144 Å². The molecule has 8 nitrogen and oxygen atoms in total. The second kappa shape index (κ2) is 22.0. The van der Waals surface area contributed by atoms with Crippen molar-refractivity contribution in [3.05, 3.63) is 153 Å². The molecule has 0 spiro atoms. The Hall–Kier alpha value is -5.31. The zero-order valence-corrected chi connectivity index (χ0v) is 36.8. The summed E-state index contributed by atoms with van der Waals surface area (Å²) in [7, 11) is 2.80. The Morgan fingerprint density at radius 2 is 1.15 bits per heavy atom. The molecule has 1 N–H and O–H groups in total. The molecule has 4 aromatic carbocycles. The average molecular weight is 844 g/mol. The van der Waals surface area contributed by atoms with Gasteiger partial charge in [-0.2, -0.15) is 0 Å². The second-order valence-electron chi connectivity index (χ2n) is 16.0. The fourth-order valence-corrected chi connectivity index (χ4v) is 9.19. The highest BCUT2D eigenvalue weighted by molar-refractivity contribution is 6.63. The Morgan fingerprint density at radius 3 is 1.69 bits per heavy atom. The Morgan fingerprint density at radius 1 is 0.639 bits per heavy atom. The van der Waals surface area contributed by atoms with Crippen molar-refractivity contribution in [3.8, 4) is 0 Å². The highest BCUT2D eigenvalue weighted by Gasteiger charge is 2.37. The maximum Gasteiger partial charge on any atom is 0.337 e. The minimum atomic E-state index is -0.342. The van der Waals surface area contributed by atoms with Gasteiger partial charge in [0.25, 0.3) is 0 Å². The van der Waals surface area contributed by atoms with E-state index in [1.165, 1.54) is 64.3 Å². The van der Waals surface area contributed by atoms with Crippen molar-refractivity contribution in [2.45, 2.75) is 103 Å². The van der Waals surface area contributed by atoms with Crippen LogP contribution in [0.3, 0.4) is 0 Å². The van der Waals surface area contributed by atoms with Gasteiger partial charge in [0.15, 0.2) is 0 Å². The SMILES string of the molecule is CCCCCC(=O)Cl.CCCCCC(=O)N1CCC2=C(Cc3ccccc32)C1c1ccc(C(=O)OC)cc1.COC(=O)c1ccc(C2NCCC3=C2Cc2ccccc23)cc1. The number of amides is 1. The van der Waals surface area contributed by atoms with Crippen LogP contribution < -0.4 is 5.32 Å². The number of halogens is 1. The number of rotatable bonds is 12. The van der Waals surface area contributed by atoms with Crippen LogP contribution in [0.25, 0.3) is 11.1 Å². The molecule has 2 atom stereocenters. The molecule has 320 valence electrons. The summed E-state index contributed by atoms with van der Waals surface area (Å²) in [4.78, 5) is 48.8. The topological polar surface area (TPSA) is 102 Å². The largest absolute Gasteiger partial charge is 0.465 e. The molecular formula is C52H59ClN2O6. The summed E-state index contributed by atoms with van der Waals surface area (Å²) in [5.41, 5.74) is 14.6. The van der Waals surface area contributed by atoms with Crippen molar-refractivity contribution < 1.29 is 28.7 Å². The van der Waals surface area contributed by atoms with Crippen LogP contribution in [0.5, 0.6) is 0 Å². The smallest absolute Gasteiger partial charge is 0.337 e. The van der Waals surface area contributed by atoms with Gasteiger partial charge < -0.3 is 19.7 Å². The number of fused-ring (bicyclic) bond motifs is 4. The van der Waals surface area contributed by atoms with E-state index in [1.54, 1.807) is 12.1 Å². The number of benzene rings is 4. The Bertz CT molecular complexity index is 2240. The molecule has 2 heterocycles. The summed E-state index contributed by atoms with van der Waals surface area (Å²) in [5, 5.41) is 3.42. The molecule has 0 fully saturated rings. The molecule has 0 saturated carbocycles. The normalized spacial score (nSPS) is 17.1. The molecular weight excluding hydrogens is 784 g/mol. The van der Waals surface area contributed by atoms with Crippen LogP contribution in [0.4, 0.5) is 0 Å². The summed E-state index contributed by atoms with van der Waals surface area (Å²) >= 11 is 5.07. The maximum atomic E-state index is 13.2. The summed E-state index contributed by atoms with van der Waals surface area (Å²) < 4.78 is 9.60. The predicted molar refractivity (Wildman–Crippen MR) is 243 cm³/mol. The maximum absolute atomic E-state index is 13.2. The zero-order chi connectivity index (χ0) is 43.3. The van der Waals surface area contributed by atoms with E-state index < -0.39 is 0 Å². The molecule has 2 aliphatic heterocycles. The van der Waals surface area contributed by atoms with Crippen LogP contribution in [-0.4, -0.2) is 55.3 Å². The lowest BCUT2D eigenvalue weighted by molar-refractivity contribution is -0.133. The minimum Gasteiger partial charge on any atom is -0.465 e. The number of hydrogen-bond acceptors (Lipinski definition) is 7. The van der Waals surface area contributed by atoms with Crippen molar-refractivity contribution in [2.24, 2.45) is 0 Å². The van der Waals surface area contributed by atoms with Gasteiger partial charge in [0.2, 0.25) is 11.1 Å². The first-order chi connectivity index (χ1) is 29.7. The quantitative estimate of drug-likeness (QED) is 0.0861. The van der Waals surface area contributed by atoms with Gasteiger partial charge >= 0.3 is 11.9 Å². The molecule has 61 heavy (non-hydrogen) atoms. The van der Waals surface area contributed by atoms with E-state index >= 15 is 0 Å². The van der Waals surface area contributed by atoms with Crippen molar-refractivity contribution in [3.63, 3.8) is 0 Å². The van der Waals surface area contributed by atoms with Gasteiger partial charge in [-0.05, 0) is 130 Å². The van der Waals surface area contributed by atoms with E-state index in [4.69, 9.17) is 21.1 Å². The van der Waals surface area contributed by atoms with Crippen LogP contribution in [0.15, 0.2) is 108 Å². The van der Waals surface area contributed by atoms with Crippen molar-refractivity contribution >= 4 is 45.8 Å². The number of carbonyl (C=O) groups is 4. The van der Waals surface area contributed by atoms with Crippen molar-refractivity contribution in [1.29, 1.82) is 0 Å². The second-order valence-corrected chi connectivity index (χ2v) is 16.5. The third-order valence-corrected chi connectivity index (χ3v) is 12.3. The average Bonchev–Trinajstić information content (AvgIpc) is 3.87. The monoisotopic (exact) mass is 842 g/mol. The molecule has 2 aliphatic carbocycles. The Balaban J connectivity index is 0.000000177. The first kappa shape index (κ1) is 45.2. The first-order valence-electron chi connectivity index (χ1n) is 21.9. The molecule has 0 aromatic heterocycles. The van der Waals surface area contributed by atoms with Crippen molar-refractivity contribution in [2.75, 3.05) is 27.3 Å². The number of unbranched alkanes of at least 4 members (excludes halogenated alkanes) is 4. The van der Waals surface area contributed by atoms with E-state index in [0.717, 1.165) is 82.9 Å². The zero-order valence-electron chi connectivity index (χ0n) is 36.1. The van der Waals surface area contributed by atoms with Crippen molar-refractivity contribution in [1.82, 2.24) is 10.2 Å². The fourth-order valence-electron chi connectivity index (χ4n) is 9.05. The number of methoxy groups -OCH3 is 2. The number of carbonyl (C=O) groups excluding carboxylic acids is 4. The van der Waals surface area contributed by atoms with Gasteiger partial charge in [0, 0.05) is 25.9 Å². The number of nitrogens with one attached hydrogen (secondary N) is 1. The van der Waals surface area contributed by atoms with Crippen LogP contribution in [-0.2, 0) is 31.9 Å². The lowest BCUT2D eigenvalue weighted by atomic mass is 9.87. The fraction of sp³-hybridized carbons (Fsp3) is 0.385. The van der Waals surface area contributed by atoms with E-state index in [-0.39, 0.29) is 35.2 Å². The molecule has 4 aromatic rings. The molecule has 4 aliphatic rings. The predicted octanol–water partition coefficient (Wildman–Crippen LogP) is 11.2. The highest BCUT2D eigenvalue weighted by Crippen LogP contribution is 2.47. The highest BCUT2D eigenvalue weighted by atomic mass is 35.5. The molecule has 1 amide bonds. The third-order valence-electron chi connectivity index (χ3n) is 12.1. The number of ether oxygens (including phenoxy) is 2. The molecule has 0 bridgehead atoms. The summed E-state index contributed by atoms with van der Waals surface area (Å²) in [6.07, 6.45) is 11.3. The minimum absolute atomic E-state index is 0.0676.